The fraction of sp³-hybridized carbons (Fsp3) is 0.583. The van der Waals surface area contributed by atoms with E-state index < -0.39 is 9.84 Å². The minimum atomic E-state index is -2.89. The van der Waals surface area contributed by atoms with Crippen molar-refractivity contribution < 1.29 is 13.2 Å². The highest BCUT2D eigenvalue weighted by Gasteiger charge is 2.20. The van der Waals surface area contributed by atoms with Gasteiger partial charge in [-0.2, -0.15) is 0 Å². The molecule has 0 aromatic carbocycles. The van der Waals surface area contributed by atoms with E-state index in [0.717, 1.165) is 17.0 Å². The number of carbonyl (C=O) groups excluding carboxylic acids is 1. The number of hydrogen-bond donors (Lipinski definition) is 2. The van der Waals surface area contributed by atoms with Crippen molar-refractivity contribution in [1.29, 1.82) is 0 Å². The summed E-state index contributed by atoms with van der Waals surface area (Å²) in [5.74, 6) is 5.32. The van der Waals surface area contributed by atoms with Crippen molar-refractivity contribution in [3.63, 3.8) is 0 Å². The summed E-state index contributed by atoms with van der Waals surface area (Å²) in [6.45, 7) is 3.96. The molecule has 1 aromatic heterocycles. The molecule has 1 aliphatic rings. The first-order valence-corrected chi connectivity index (χ1v) is 9.08. The molecule has 1 saturated heterocycles. The van der Waals surface area contributed by atoms with Gasteiger partial charge < -0.3 is 0 Å². The molecule has 2 rings (SSSR count). The van der Waals surface area contributed by atoms with Crippen LogP contribution in [0.15, 0.2) is 6.07 Å². The van der Waals surface area contributed by atoms with Gasteiger partial charge >= 0.3 is 0 Å². The molecule has 0 spiro atoms. The molecule has 0 radical (unpaired) electrons. The normalized spacial score (nSPS) is 19.5. The van der Waals surface area contributed by atoms with Crippen molar-refractivity contribution in [1.82, 2.24) is 10.3 Å². The van der Waals surface area contributed by atoms with Gasteiger partial charge in [0.15, 0.2) is 9.84 Å². The van der Waals surface area contributed by atoms with E-state index in [2.05, 4.69) is 10.3 Å². The molecular formula is C12H19N3O3S2. The zero-order valence-corrected chi connectivity index (χ0v) is 13.0. The van der Waals surface area contributed by atoms with Crippen LogP contribution >= 0.6 is 11.3 Å². The number of hydrogen-bond acceptors (Lipinski definition) is 6. The van der Waals surface area contributed by atoms with E-state index in [0.29, 0.717) is 24.4 Å². The van der Waals surface area contributed by atoms with Crippen LogP contribution in [0, 0.1) is 6.92 Å². The average Bonchev–Trinajstić information content (AvgIpc) is 2.66. The maximum absolute atomic E-state index is 11.6. The van der Waals surface area contributed by atoms with Gasteiger partial charge in [-0.05, 0) is 31.5 Å². The Bertz CT molecular complexity index is 595. The molecule has 1 fully saturated rings. The molecule has 0 unspecified atom stereocenters. The maximum Gasteiger partial charge on any atom is 0.275 e. The number of carbonyl (C=O) groups is 1. The number of hydrazine groups is 1. The van der Waals surface area contributed by atoms with E-state index in [9.17, 15) is 13.2 Å². The number of rotatable bonds is 3. The molecule has 0 aliphatic carbocycles. The minimum absolute atomic E-state index is 0.215. The molecule has 8 heteroatoms. The lowest BCUT2D eigenvalue weighted by Crippen LogP contribution is -2.29. The lowest BCUT2D eigenvalue weighted by atomic mass is 10.2. The van der Waals surface area contributed by atoms with Crippen molar-refractivity contribution in [3.05, 3.63) is 21.4 Å². The molecule has 0 bridgehead atoms. The topological polar surface area (TPSA) is 92.5 Å². The highest BCUT2D eigenvalue weighted by atomic mass is 32.2. The first-order valence-electron chi connectivity index (χ1n) is 6.44. The van der Waals surface area contributed by atoms with Crippen LogP contribution < -0.4 is 11.3 Å². The third-order valence-electron chi connectivity index (χ3n) is 3.42. The monoisotopic (exact) mass is 317 g/mol. The van der Waals surface area contributed by atoms with Crippen LogP contribution in [0.2, 0.25) is 0 Å². The number of nitrogens with zero attached hydrogens (tertiary/aromatic N) is 1. The van der Waals surface area contributed by atoms with Gasteiger partial charge in [0.1, 0.15) is 0 Å². The highest BCUT2D eigenvalue weighted by Crippen LogP contribution is 2.23. The van der Waals surface area contributed by atoms with Gasteiger partial charge in [0.25, 0.3) is 5.91 Å². The van der Waals surface area contributed by atoms with Gasteiger partial charge in [-0.25, -0.2) is 14.3 Å². The molecule has 1 amide bonds. The molecule has 6 nitrogen and oxygen atoms in total. The van der Waals surface area contributed by atoms with E-state index >= 15 is 0 Å². The molecule has 1 aliphatic heterocycles. The standard InChI is InChI=1S/C12H19N3O3S2/c1-9-10(7-11(19-9)12(16)14-13)8-15-3-2-5-20(17,18)6-4-15/h7H,2-6,8,13H2,1H3,(H,14,16). The zero-order chi connectivity index (χ0) is 14.8. The van der Waals surface area contributed by atoms with Crippen LogP contribution in [-0.2, 0) is 16.4 Å². The van der Waals surface area contributed by atoms with E-state index in [1.807, 2.05) is 13.0 Å². The first-order chi connectivity index (χ1) is 9.41. The first kappa shape index (κ1) is 15.4. The van der Waals surface area contributed by atoms with Crippen molar-refractivity contribution in [2.45, 2.75) is 19.9 Å². The van der Waals surface area contributed by atoms with Gasteiger partial charge in [0.2, 0.25) is 0 Å². The lowest BCUT2D eigenvalue weighted by Gasteiger charge is -2.18. The molecule has 20 heavy (non-hydrogen) atoms. The molecule has 0 saturated carbocycles. The summed E-state index contributed by atoms with van der Waals surface area (Å²) in [5.41, 5.74) is 3.19. The largest absolute Gasteiger partial charge is 0.298 e. The third-order valence-corrected chi connectivity index (χ3v) is 6.22. The fourth-order valence-corrected chi connectivity index (χ4v) is 4.50. The van der Waals surface area contributed by atoms with Crippen molar-refractivity contribution >= 4 is 27.1 Å². The van der Waals surface area contributed by atoms with Crippen LogP contribution in [0.5, 0.6) is 0 Å². The number of aryl methyl sites for hydroxylation is 1. The lowest BCUT2D eigenvalue weighted by molar-refractivity contribution is 0.0957. The molecule has 3 N–H and O–H groups in total. The van der Waals surface area contributed by atoms with Gasteiger partial charge in [0.05, 0.1) is 16.4 Å². The average molecular weight is 317 g/mol. The SMILES string of the molecule is Cc1sc(C(=O)NN)cc1CN1CCCS(=O)(=O)CC1. The minimum Gasteiger partial charge on any atom is -0.298 e. The molecular weight excluding hydrogens is 298 g/mol. The van der Waals surface area contributed by atoms with Crippen LogP contribution in [0.4, 0.5) is 0 Å². The number of nitrogen functional groups attached to an aromatic ring is 1. The number of sulfone groups is 1. The number of thiophene rings is 1. The van der Waals surface area contributed by atoms with Crippen LogP contribution in [0.25, 0.3) is 0 Å². The number of amides is 1. The quantitative estimate of drug-likeness (QED) is 0.474. The Labute approximate surface area is 122 Å². The van der Waals surface area contributed by atoms with Crippen molar-refractivity contribution in [3.8, 4) is 0 Å². The summed E-state index contributed by atoms with van der Waals surface area (Å²) in [4.78, 5) is 15.3. The van der Waals surface area contributed by atoms with Gasteiger partial charge in [-0.15, -0.1) is 11.3 Å². The Morgan fingerprint density at radius 1 is 1.45 bits per heavy atom. The van der Waals surface area contributed by atoms with Crippen LogP contribution in [-0.4, -0.2) is 43.8 Å². The van der Waals surface area contributed by atoms with Crippen molar-refractivity contribution in [2.75, 3.05) is 24.6 Å². The van der Waals surface area contributed by atoms with Crippen LogP contribution in [0.1, 0.15) is 26.5 Å². The summed E-state index contributed by atoms with van der Waals surface area (Å²) in [6, 6.07) is 1.83. The Morgan fingerprint density at radius 3 is 2.90 bits per heavy atom. The maximum atomic E-state index is 11.6. The third kappa shape index (κ3) is 3.78. The van der Waals surface area contributed by atoms with E-state index in [-0.39, 0.29) is 17.4 Å². The number of nitrogens with two attached hydrogens (primary N) is 1. The second-order valence-corrected chi connectivity index (χ2v) is 8.51. The Morgan fingerprint density at radius 2 is 2.20 bits per heavy atom. The predicted molar refractivity (Wildman–Crippen MR) is 79.3 cm³/mol. The van der Waals surface area contributed by atoms with Gasteiger partial charge in [-0.3, -0.25) is 15.1 Å². The second-order valence-electron chi connectivity index (χ2n) is 4.95. The molecule has 2 heterocycles. The summed E-state index contributed by atoms with van der Waals surface area (Å²) in [5, 5.41) is 0. The molecule has 112 valence electrons. The van der Waals surface area contributed by atoms with E-state index in [4.69, 9.17) is 5.84 Å². The molecule has 1 aromatic rings. The zero-order valence-electron chi connectivity index (χ0n) is 11.4. The van der Waals surface area contributed by atoms with E-state index in [1.54, 1.807) is 0 Å². The Kier molecular flexibility index (Phi) is 4.79. The predicted octanol–water partition coefficient (Wildman–Crippen LogP) is 0.281. The summed E-state index contributed by atoms with van der Waals surface area (Å²) >= 11 is 1.40. The molecule has 0 atom stereocenters. The number of nitrogens with one attached hydrogen (secondary N) is 1. The van der Waals surface area contributed by atoms with Gasteiger partial charge in [-0.1, -0.05) is 0 Å². The summed E-state index contributed by atoms with van der Waals surface area (Å²) in [6.07, 6.45) is 0.668. The summed E-state index contributed by atoms with van der Waals surface area (Å²) in [7, 11) is -2.89. The Balaban J connectivity index is 2.06. The van der Waals surface area contributed by atoms with E-state index in [1.165, 1.54) is 11.3 Å². The fourth-order valence-electron chi connectivity index (χ4n) is 2.25. The van der Waals surface area contributed by atoms with Crippen molar-refractivity contribution in [2.24, 2.45) is 5.84 Å². The Hall–Kier alpha value is -0.960. The highest BCUT2D eigenvalue weighted by molar-refractivity contribution is 7.91. The summed E-state index contributed by atoms with van der Waals surface area (Å²) < 4.78 is 23.2. The van der Waals surface area contributed by atoms with Crippen LogP contribution in [0.3, 0.4) is 0 Å². The second kappa shape index (κ2) is 6.21. The smallest absolute Gasteiger partial charge is 0.275 e. The van der Waals surface area contributed by atoms with Gasteiger partial charge in [0, 0.05) is 18.0 Å².